The van der Waals surface area contributed by atoms with Gasteiger partial charge in [0, 0.05) is 5.56 Å². The van der Waals surface area contributed by atoms with Crippen LogP contribution in [0.2, 0.25) is 0 Å². The summed E-state index contributed by atoms with van der Waals surface area (Å²) in [6.45, 7) is 0. The SMILES string of the molecule is Fc1ccc([C@@H]2O[C@H]3C=Cc4ccccc4N3c3ccccc32)cc1. The van der Waals surface area contributed by atoms with E-state index in [2.05, 4.69) is 41.3 Å². The number of halogens is 1. The van der Waals surface area contributed by atoms with Crippen molar-refractivity contribution in [2.75, 3.05) is 4.90 Å². The van der Waals surface area contributed by atoms with E-state index in [1.807, 2.05) is 24.3 Å². The average molecular weight is 329 g/mol. The Balaban J connectivity index is 1.67. The summed E-state index contributed by atoms with van der Waals surface area (Å²) in [5.74, 6) is -0.235. The van der Waals surface area contributed by atoms with E-state index >= 15 is 0 Å². The summed E-state index contributed by atoms with van der Waals surface area (Å²) in [6.07, 6.45) is 3.79. The van der Waals surface area contributed by atoms with E-state index < -0.39 is 0 Å². The molecule has 3 aromatic rings. The Bertz CT molecular complexity index is 964. The van der Waals surface area contributed by atoms with Crippen LogP contribution in [0.4, 0.5) is 15.8 Å². The average Bonchev–Trinajstić information content (AvgIpc) is 2.67. The molecule has 122 valence electrons. The number of fused-ring (bicyclic) bond motifs is 5. The quantitative estimate of drug-likeness (QED) is 0.590. The molecular weight excluding hydrogens is 313 g/mol. The molecule has 0 N–H and O–H groups in total. The molecular formula is C22H16FNO. The summed E-state index contributed by atoms with van der Waals surface area (Å²) in [7, 11) is 0. The summed E-state index contributed by atoms with van der Waals surface area (Å²) in [4.78, 5) is 2.23. The first-order valence-electron chi connectivity index (χ1n) is 8.37. The third kappa shape index (κ3) is 2.28. The van der Waals surface area contributed by atoms with E-state index in [1.165, 1.54) is 17.7 Å². The van der Waals surface area contributed by atoms with Crippen molar-refractivity contribution in [3.05, 3.63) is 101 Å². The van der Waals surface area contributed by atoms with Crippen LogP contribution in [0.15, 0.2) is 78.9 Å². The number of ether oxygens (including phenoxy) is 1. The minimum absolute atomic E-state index is 0.181. The van der Waals surface area contributed by atoms with Gasteiger partial charge in [-0.1, -0.05) is 54.6 Å². The predicted octanol–water partition coefficient (Wildman–Crippen LogP) is 5.44. The van der Waals surface area contributed by atoms with Gasteiger partial charge in [0.1, 0.15) is 11.9 Å². The lowest BCUT2D eigenvalue weighted by molar-refractivity contribution is 0.0302. The van der Waals surface area contributed by atoms with Gasteiger partial charge in [-0.05, 0) is 41.5 Å². The maximum absolute atomic E-state index is 13.3. The molecule has 0 radical (unpaired) electrons. The van der Waals surface area contributed by atoms with Gasteiger partial charge in [-0.2, -0.15) is 0 Å². The van der Waals surface area contributed by atoms with E-state index in [1.54, 1.807) is 12.1 Å². The first-order chi connectivity index (χ1) is 12.3. The molecule has 3 aromatic carbocycles. The number of rotatable bonds is 1. The first-order valence-corrected chi connectivity index (χ1v) is 8.37. The standard InChI is InChI=1S/C22H16FNO/c23-17-12-9-16(10-13-17)22-18-6-2-4-8-20(18)24-19-7-3-1-5-15(19)11-14-21(24)25-22/h1-14,21-22H/t21-,22-/m0/s1. The fraction of sp³-hybridized carbons (Fsp3) is 0.0909. The molecule has 2 aliphatic heterocycles. The monoisotopic (exact) mass is 329 g/mol. The Kier molecular flexibility index (Phi) is 3.22. The summed E-state index contributed by atoms with van der Waals surface area (Å²) >= 11 is 0. The van der Waals surface area contributed by atoms with Crippen LogP contribution < -0.4 is 4.90 Å². The zero-order valence-electron chi connectivity index (χ0n) is 13.5. The lowest BCUT2D eigenvalue weighted by atomic mass is 9.95. The van der Waals surface area contributed by atoms with Crippen LogP contribution in [0.3, 0.4) is 0 Å². The molecule has 0 saturated carbocycles. The Hall–Kier alpha value is -2.91. The van der Waals surface area contributed by atoms with Crippen LogP contribution in [-0.2, 0) is 4.74 Å². The molecule has 0 saturated heterocycles. The molecule has 25 heavy (non-hydrogen) atoms. The van der Waals surface area contributed by atoms with Crippen molar-refractivity contribution in [1.29, 1.82) is 0 Å². The number of para-hydroxylation sites is 2. The van der Waals surface area contributed by atoms with Crippen molar-refractivity contribution in [3.8, 4) is 0 Å². The number of nitrogens with zero attached hydrogens (tertiary/aromatic N) is 1. The van der Waals surface area contributed by atoms with Gasteiger partial charge < -0.3 is 9.64 Å². The molecule has 0 spiro atoms. The number of benzene rings is 3. The lowest BCUT2D eigenvalue weighted by Gasteiger charge is -2.43. The van der Waals surface area contributed by atoms with E-state index in [9.17, 15) is 4.39 Å². The maximum atomic E-state index is 13.3. The van der Waals surface area contributed by atoms with Gasteiger partial charge in [0.2, 0.25) is 0 Å². The highest BCUT2D eigenvalue weighted by Crippen LogP contribution is 2.46. The second-order valence-corrected chi connectivity index (χ2v) is 6.30. The third-order valence-electron chi connectivity index (χ3n) is 4.82. The zero-order chi connectivity index (χ0) is 16.8. The smallest absolute Gasteiger partial charge is 0.155 e. The fourth-order valence-corrected chi connectivity index (χ4v) is 3.67. The van der Waals surface area contributed by atoms with Crippen LogP contribution in [0.1, 0.15) is 22.8 Å². The number of hydrogen-bond donors (Lipinski definition) is 0. The van der Waals surface area contributed by atoms with Crippen LogP contribution in [-0.4, -0.2) is 6.23 Å². The van der Waals surface area contributed by atoms with Gasteiger partial charge >= 0.3 is 0 Å². The summed E-state index contributed by atoms with van der Waals surface area (Å²) in [6, 6.07) is 23.2. The molecule has 0 amide bonds. The Morgan fingerprint density at radius 3 is 2.36 bits per heavy atom. The highest BCUT2D eigenvalue weighted by Gasteiger charge is 2.35. The minimum atomic E-state index is -0.235. The lowest BCUT2D eigenvalue weighted by Crippen LogP contribution is -2.40. The Morgan fingerprint density at radius 2 is 1.52 bits per heavy atom. The molecule has 2 heterocycles. The van der Waals surface area contributed by atoms with Gasteiger partial charge in [0.25, 0.3) is 0 Å². The van der Waals surface area contributed by atoms with Gasteiger partial charge in [-0.3, -0.25) is 0 Å². The van der Waals surface area contributed by atoms with E-state index in [4.69, 9.17) is 4.74 Å². The normalized spacial score (nSPS) is 20.6. The largest absolute Gasteiger partial charge is 0.342 e. The highest BCUT2D eigenvalue weighted by molar-refractivity contribution is 5.80. The molecule has 5 rings (SSSR count). The van der Waals surface area contributed by atoms with E-state index in [0.717, 1.165) is 22.5 Å². The highest BCUT2D eigenvalue weighted by atomic mass is 19.1. The van der Waals surface area contributed by atoms with Crippen LogP contribution >= 0.6 is 0 Å². The molecule has 0 fully saturated rings. The fourth-order valence-electron chi connectivity index (χ4n) is 3.67. The Morgan fingerprint density at radius 1 is 0.800 bits per heavy atom. The third-order valence-corrected chi connectivity index (χ3v) is 4.82. The summed E-state index contributed by atoms with van der Waals surface area (Å²) < 4.78 is 19.7. The number of hydrogen-bond acceptors (Lipinski definition) is 2. The van der Waals surface area contributed by atoms with E-state index in [0.29, 0.717) is 0 Å². The minimum Gasteiger partial charge on any atom is -0.342 e. The van der Waals surface area contributed by atoms with Gasteiger partial charge in [0.05, 0.1) is 11.4 Å². The van der Waals surface area contributed by atoms with Crippen molar-refractivity contribution in [1.82, 2.24) is 0 Å². The topological polar surface area (TPSA) is 12.5 Å². The molecule has 2 atom stereocenters. The molecule has 0 aromatic heterocycles. The molecule has 2 aliphatic rings. The van der Waals surface area contributed by atoms with Crippen molar-refractivity contribution >= 4 is 17.5 Å². The summed E-state index contributed by atoms with van der Waals surface area (Å²) in [5.41, 5.74) is 5.50. The van der Waals surface area contributed by atoms with E-state index in [-0.39, 0.29) is 18.1 Å². The first kappa shape index (κ1) is 14.4. The molecule has 0 aliphatic carbocycles. The van der Waals surface area contributed by atoms with Crippen LogP contribution in [0.5, 0.6) is 0 Å². The molecule has 0 unspecified atom stereocenters. The van der Waals surface area contributed by atoms with Crippen molar-refractivity contribution in [2.45, 2.75) is 12.3 Å². The zero-order valence-corrected chi connectivity index (χ0v) is 13.5. The molecule has 2 nitrogen and oxygen atoms in total. The number of anilines is 2. The van der Waals surface area contributed by atoms with Gasteiger partial charge in [-0.25, -0.2) is 4.39 Å². The van der Waals surface area contributed by atoms with Gasteiger partial charge in [-0.15, -0.1) is 0 Å². The van der Waals surface area contributed by atoms with Crippen molar-refractivity contribution in [3.63, 3.8) is 0 Å². The second-order valence-electron chi connectivity index (χ2n) is 6.30. The maximum Gasteiger partial charge on any atom is 0.155 e. The summed E-state index contributed by atoms with van der Waals surface area (Å²) in [5, 5.41) is 0. The van der Waals surface area contributed by atoms with Crippen LogP contribution in [0, 0.1) is 5.82 Å². The predicted molar refractivity (Wildman–Crippen MR) is 97.2 cm³/mol. The second kappa shape index (κ2) is 5.57. The Labute approximate surface area is 145 Å². The molecule has 3 heteroatoms. The van der Waals surface area contributed by atoms with Crippen molar-refractivity contribution < 1.29 is 9.13 Å². The van der Waals surface area contributed by atoms with Gasteiger partial charge in [0.15, 0.2) is 6.23 Å². The van der Waals surface area contributed by atoms with Crippen molar-refractivity contribution in [2.24, 2.45) is 0 Å². The van der Waals surface area contributed by atoms with Crippen LogP contribution in [0.25, 0.3) is 6.08 Å². The molecule has 0 bridgehead atoms.